The number of non-ortho nitro benzene ring substituents is 1. The van der Waals surface area contributed by atoms with Crippen molar-refractivity contribution in [2.75, 3.05) is 5.32 Å². The van der Waals surface area contributed by atoms with Gasteiger partial charge in [0.25, 0.3) is 11.6 Å². The van der Waals surface area contributed by atoms with Crippen LogP contribution in [0.1, 0.15) is 18.5 Å². The van der Waals surface area contributed by atoms with Crippen molar-refractivity contribution >= 4 is 39.2 Å². The van der Waals surface area contributed by atoms with Crippen molar-refractivity contribution in [2.24, 2.45) is 0 Å². The van der Waals surface area contributed by atoms with Gasteiger partial charge in [-0.1, -0.05) is 28.1 Å². The van der Waals surface area contributed by atoms with E-state index in [1.165, 1.54) is 24.3 Å². The van der Waals surface area contributed by atoms with E-state index in [0.717, 1.165) is 10.0 Å². The van der Waals surface area contributed by atoms with E-state index in [9.17, 15) is 19.7 Å². The minimum atomic E-state index is -0.630. The number of hydrogen-bond donors (Lipinski definition) is 3. The Morgan fingerprint density at radius 3 is 2.56 bits per heavy atom. The molecule has 3 rings (SSSR count). The molecule has 9 heteroatoms. The third kappa shape index (κ3) is 4.14. The number of halogens is 1. The molecule has 0 bridgehead atoms. The Balaban J connectivity index is 1.90. The summed E-state index contributed by atoms with van der Waals surface area (Å²) in [5.74, 6) is -0.418. The highest BCUT2D eigenvalue weighted by molar-refractivity contribution is 9.10. The number of carbonyl (C=O) groups is 2. The number of amides is 3. The maximum Gasteiger partial charge on any atom is 0.319 e. The number of carbonyl (C=O) groups excluding carboxylic acids is 2. The first kappa shape index (κ1) is 18.6. The average molecular weight is 431 g/mol. The lowest BCUT2D eigenvalue weighted by molar-refractivity contribution is -0.384. The Morgan fingerprint density at radius 2 is 1.93 bits per heavy atom. The minimum Gasteiger partial charge on any atom is -0.327 e. The molecule has 0 radical (unpaired) electrons. The van der Waals surface area contributed by atoms with Gasteiger partial charge in [-0.2, -0.15) is 0 Å². The zero-order valence-electron chi connectivity index (χ0n) is 14.2. The molecule has 1 atom stereocenters. The fourth-order valence-corrected chi connectivity index (χ4v) is 3.21. The van der Waals surface area contributed by atoms with E-state index in [1.807, 2.05) is 24.3 Å². The number of hydrogen-bond acceptors (Lipinski definition) is 4. The summed E-state index contributed by atoms with van der Waals surface area (Å²) in [7, 11) is 0. The summed E-state index contributed by atoms with van der Waals surface area (Å²) >= 11 is 3.39. The smallest absolute Gasteiger partial charge is 0.319 e. The normalized spacial score (nSPS) is 16.4. The molecule has 0 spiro atoms. The van der Waals surface area contributed by atoms with Crippen molar-refractivity contribution in [1.82, 2.24) is 10.6 Å². The molecule has 0 fully saturated rings. The highest BCUT2D eigenvalue weighted by atomic mass is 79.9. The fourth-order valence-electron chi connectivity index (χ4n) is 2.80. The van der Waals surface area contributed by atoms with Gasteiger partial charge in [-0.15, -0.1) is 0 Å². The molecule has 0 aliphatic carbocycles. The third-order valence-electron chi connectivity index (χ3n) is 4.03. The van der Waals surface area contributed by atoms with Crippen molar-refractivity contribution in [3.63, 3.8) is 0 Å². The van der Waals surface area contributed by atoms with Gasteiger partial charge in [0.05, 0.1) is 16.5 Å². The number of allylic oxidation sites excluding steroid dienone is 1. The summed E-state index contributed by atoms with van der Waals surface area (Å²) < 4.78 is 0.820. The Hall–Kier alpha value is -3.20. The molecule has 0 aromatic heterocycles. The van der Waals surface area contributed by atoms with Gasteiger partial charge in [-0.3, -0.25) is 14.9 Å². The molecular formula is C18H15BrN4O4. The van der Waals surface area contributed by atoms with Gasteiger partial charge in [0.15, 0.2) is 0 Å². The maximum atomic E-state index is 12.9. The van der Waals surface area contributed by atoms with Crippen molar-refractivity contribution in [3.8, 4) is 0 Å². The standard InChI is InChI=1S/C18H15BrN4O4/c1-10-15(17(24)21-13-5-7-14(8-6-13)23(26)27)16(22-18(25)20-10)11-3-2-4-12(19)9-11/h2-9,16H,1H3,(H,21,24)(H2,20,22,25)/t16-/m1/s1. The predicted molar refractivity (Wildman–Crippen MR) is 103 cm³/mol. The lowest BCUT2D eigenvalue weighted by Gasteiger charge is -2.28. The summed E-state index contributed by atoms with van der Waals surface area (Å²) in [6.07, 6.45) is 0. The van der Waals surface area contributed by atoms with E-state index in [-0.39, 0.29) is 5.69 Å². The predicted octanol–water partition coefficient (Wildman–Crippen LogP) is 3.62. The SMILES string of the molecule is CC1=C(C(=O)Nc2ccc([N+](=O)[O-])cc2)[C@@H](c2cccc(Br)c2)NC(=O)N1. The topological polar surface area (TPSA) is 113 Å². The molecule has 138 valence electrons. The molecule has 0 saturated carbocycles. The molecule has 2 aromatic rings. The van der Waals surface area contributed by atoms with E-state index in [2.05, 4.69) is 31.9 Å². The van der Waals surface area contributed by atoms with Crippen LogP contribution in [0.5, 0.6) is 0 Å². The molecular weight excluding hydrogens is 416 g/mol. The minimum absolute atomic E-state index is 0.0676. The molecule has 0 saturated heterocycles. The number of nitrogens with one attached hydrogen (secondary N) is 3. The number of benzene rings is 2. The van der Waals surface area contributed by atoms with Gasteiger partial charge >= 0.3 is 6.03 Å². The number of nitro groups is 1. The van der Waals surface area contributed by atoms with Crippen LogP contribution in [0.15, 0.2) is 64.3 Å². The second kappa shape index (κ2) is 7.58. The quantitative estimate of drug-likeness (QED) is 0.507. The molecule has 0 unspecified atom stereocenters. The fraction of sp³-hybridized carbons (Fsp3) is 0.111. The Morgan fingerprint density at radius 1 is 1.22 bits per heavy atom. The van der Waals surface area contributed by atoms with E-state index in [4.69, 9.17) is 0 Å². The van der Waals surface area contributed by atoms with Crippen LogP contribution in [0.2, 0.25) is 0 Å². The zero-order valence-corrected chi connectivity index (χ0v) is 15.7. The second-order valence-electron chi connectivity index (χ2n) is 5.88. The first-order valence-corrected chi connectivity index (χ1v) is 8.74. The van der Waals surface area contributed by atoms with Crippen LogP contribution in [0.3, 0.4) is 0 Å². The van der Waals surface area contributed by atoms with Gasteiger partial charge in [-0.25, -0.2) is 4.79 Å². The van der Waals surface area contributed by atoms with Crippen molar-refractivity contribution in [3.05, 3.63) is 80.0 Å². The van der Waals surface area contributed by atoms with Crippen LogP contribution >= 0.6 is 15.9 Å². The van der Waals surface area contributed by atoms with Crippen LogP contribution in [-0.4, -0.2) is 16.9 Å². The molecule has 3 N–H and O–H groups in total. The monoisotopic (exact) mass is 430 g/mol. The Kier molecular flexibility index (Phi) is 5.22. The van der Waals surface area contributed by atoms with E-state index in [0.29, 0.717) is 17.0 Å². The highest BCUT2D eigenvalue weighted by Gasteiger charge is 2.31. The van der Waals surface area contributed by atoms with Crippen molar-refractivity contribution in [2.45, 2.75) is 13.0 Å². The van der Waals surface area contributed by atoms with Crippen LogP contribution in [-0.2, 0) is 4.79 Å². The average Bonchev–Trinajstić information content (AvgIpc) is 2.61. The highest BCUT2D eigenvalue weighted by Crippen LogP contribution is 2.29. The molecule has 1 heterocycles. The summed E-state index contributed by atoms with van der Waals surface area (Å²) in [6.45, 7) is 1.65. The molecule has 1 aliphatic rings. The maximum absolute atomic E-state index is 12.9. The van der Waals surface area contributed by atoms with Crippen molar-refractivity contribution in [1.29, 1.82) is 0 Å². The number of anilines is 1. The largest absolute Gasteiger partial charge is 0.327 e. The van der Waals surface area contributed by atoms with Gasteiger partial charge in [0.2, 0.25) is 0 Å². The molecule has 27 heavy (non-hydrogen) atoms. The van der Waals surface area contributed by atoms with Crippen LogP contribution in [0.25, 0.3) is 0 Å². The van der Waals surface area contributed by atoms with E-state index in [1.54, 1.807) is 6.92 Å². The molecule has 8 nitrogen and oxygen atoms in total. The number of nitro benzene ring substituents is 1. The molecule has 2 aromatic carbocycles. The Bertz CT molecular complexity index is 956. The lowest BCUT2D eigenvalue weighted by Crippen LogP contribution is -2.45. The van der Waals surface area contributed by atoms with E-state index < -0.39 is 22.9 Å². The van der Waals surface area contributed by atoms with Gasteiger partial charge in [0.1, 0.15) is 0 Å². The summed E-state index contributed by atoms with van der Waals surface area (Å²) in [5.41, 5.74) is 1.87. The number of nitrogens with zero attached hydrogens (tertiary/aromatic N) is 1. The first-order chi connectivity index (χ1) is 12.8. The van der Waals surface area contributed by atoms with Gasteiger partial charge in [-0.05, 0) is 36.8 Å². The van der Waals surface area contributed by atoms with Crippen LogP contribution < -0.4 is 16.0 Å². The molecule has 3 amide bonds. The van der Waals surface area contributed by atoms with Crippen LogP contribution in [0, 0.1) is 10.1 Å². The van der Waals surface area contributed by atoms with E-state index >= 15 is 0 Å². The lowest BCUT2D eigenvalue weighted by atomic mass is 9.95. The second-order valence-corrected chi connectivity index (χ2v) is 6.80. The van der Waals surface area contributed by atoms with Gasteiger partial charge in [0, 0.05) is 28.0 Å². The number of urea groups is 1. The first-order valence-electron chi connectivity index (χ1n) is 7.94. The number of rotatable bonds is 4. The van der Waals surface area contributed by atoms with Crippen LogP contribution in [0.4, 0.5) is 16.2 Å². The molecule has 1 aliphatic heterocycles. The third-order valence-corrected chi connectivity index (χ3v) is 4.53. The van der Waals surface area contributed by atoms with Crippen molar-refractivity contribution < 1.29 is 14.5 Å². The summed E-state index contributed by atoms with van der Waals surface area (Å²) in [4.78, 5) is 35.0. The zero-order chi connectivity index (χ0) is 19.6. The summed E-state index contributed by atoms with van der Waals surface area (Å²) in [5, 5.41) is 18.8. The summed E-state index contributed by atoms with van der Waals surface area (Å²) in [6, 6.07) is 11.8. The van der Waals surface area contributed by atoms with Gasteiger partial charge < -0.3 is 16.0 Å². The Labute approximate surface area is 162 Å².